The molecule has 0 aliphatic carbocycles. The van der Waals surface area contributed by atoms with Gasteiger partial charge in [-0.15, -0.1) is 0 Å². The molecule has 3 aromatic rings. The number of esters is 1. The van der Waals surface area contributed by atoms with Crippen molar-refractivity contribution in [2.24, 2.45) is 0 Å². The summed E-state index contributed by atoms with van der Waals surface area (Å²) in [7, 11) is 1.30. The van der Waals surface area contributed by atoms with Gasteiger partial charge in [-0.3, -0.25) is 0 Å². The number of hydrogen-bond donors (Lipinski definition) is 1. The third kappa shape index (κ3) is 3.78. The summed E-state index contributed by atoms with van der Waals surface area (Å²) in [6, 6.07) is 14.4. The molecule has 1 aromatic heterocycles. The molecule has 5 nitrogen and oxygen atoms in total. The summed E-state index contributed by atoms with van der Waals surface area (Å²) in [5.41, 5.74) is 2.08. The fraction of sp³-hybridized carbons (Fsp3) is 0.111. The van der Waals surface area contributed by atoms with Gasteiger partial charge >= 0.3 is 5.97 Å². The van der Waals surface area contributed by atoms with Crippen LogP contribution in [0.5, 0.6) is 0 Å². The van der Waals surface area contributed by atoms with Gasteiger partial charge in [-0.1, -0.05) is 58.7 Å². The SMILES string of the molecule is COC(=O)c1c(-c2cccc(Cl)c2)noc1NCc1ccccc1Cl. The van der Waals surface area contributed by atoms with E-state index < -0.39 is 5.97 Å². The summed E-state index contributed by atoms with van der Waals surface area (Å²) >= 11 is 12.2. The molecule has 2 aromatic carbocycles. The molecule has 0 saturated heterocycles. The molecule has 25 heavy (non-hydrogen) atoms. The van der Waals surface area contributed by atoms with Gasteiger partial charge in [-0.25, -0.2) is 4.79 Å². The van der Waals surface area contributed by atoms with Gasteiger partial charge in [0.2, 0.25) is 5.88 Å². The Balaban J connectivity index is 1.94. The van der Waals surface area contributed by atoms with E-state index in [1.54, 1.807) is 30.3 Å². The highest BCUT2D eigenvalue weighted by Crippen LogP contribution is 2.31. The molecule has 0 fully saturated rings. The number of carbonyl (C=O) groups excluding carboxylic acids is 1. The molecule has 0 unspecified atom stereocenters. The van der Waals surface area contributed by atoms with Crippen molar-refractivity contribution in [3.63, 3.8) is 0 Å². The fourth-order valence-corrected chi connectivity index (χ4v) is 2.75. The second-order valence-electron chi connectivity index (χ2n) is 5.18. The maximum atomic E-state index is 12.2. The van der Waals surface area contributed by atoms with Gasteiger partial charge in [0.1, 0.15) is 5.69 Å². The van der Waals surface area contributed by atoms with Gasteiger partial charge in [-0.05, 0) is 23.8 Å². The summed E-state index contributed by atoms with van der Waals surface area (Å²) < 4.78 is 10.2. The molecule has 0 spiro atoms. The number of nitrogens with one attached hydrogen (secondary N) is 1. The van der Waals surface area contributed by atoms with Crippen molar-refractivity contribution in [3.8, 4) is 11.3 Å². The second kappa shape index (κ2) is 7.59. The largest absolute Gasteiger partial charge is 0.465 e. The smallest absolute Gasteiger partial charge is 0.345 e. The molecule has 7 heteroatoms. The van der Waals surface area contributed by atoms with Crippen molar-refractivity contribution >= 4 is 35.1 Å². The van der Waals surface area contributed by atoms with Crippen LogP contribution in [-0.2, 0) is 11.3 Å². The molecule has 1 heterocycles. The van der Waals surface area contributed by atoms with Crippen LogP contribution in [0.2, 0.25) is 10.0 Å². The zero-order valence-corrected chi connectivity index (χ0v) is 14.8. The van der Waals surface area contributed by atoms with E-state index in [0.29, 0.717) is 27.8 Å². The standard InChI is InChI=1S/C18H14Cl2N2O3/c1-24-18(23)15-16(11-6-4-7-13(19)9-11)22-25-17(15)21-10-12-5-2-3-8-14(12)20/h2-9,21H,10H2,1H3. The van der Waals surface area contributed by atoms with Crippen molar-refractivity contribution in [1.82, 2.24) is 5.16 Å². The number of methoxy groups -OCH3 is 1. The molecule has 0 aliphatic rings. The average molecular weight is 377 g/mol. The highest BCUT2D eigenvalue weighted by Gasteiger charge is 2.25. The van der Waals surface area contributed by atoms with Crippen LogP contribution >= 0.6 is 23.2 Å². The molecular weight excluding hydrogens is 363 g/mol. The van der Waals surface area contributed by atoms with E-state index in [-0.39, 0.29) is 11.4 Å². The van der Waals surface area contributed by atoms with Crippen LogP contribution < -0.4 is 5.32 Å². The fourth-order valence-electron chi connectivity index (χ4n) is 2.35. The summed E-state index contributed by atoms with van der Waals surface area (Å²) in [5.74, 6) is -0.348. The maximum absolute atomic E-state index is 12.2. The average Bonchev–Trinajstić information content (AvgIpc) is 3.04. The number of carbonyl (C=O) groups is 1. The Morgan fingerprint density at radius 1 is 1.20 bits per heavy atom. The maximum Gasteiger partial charge on any atom is 0.345 e. The van der Waals surface area contributed by atoms with E-state index in [2.05, 4.69) is 10.5 Å². The second-order valence-corrected chi connectivity index (χ2v) is 6.03. The number of halogens is 2. The van der Waals surface area contributed by atoms with Gasteiger partial charge in [0.15, 0.2) is 5.56 Å². The van der Waals surface area contributed by atoms with Crippen molar-refractivity contribution < 1.29 is 14.1 Å². The molecule has 0 atom stereocenters. The van der Waals surface area contributed by atoms with E-state index in [1.807, 2.05) is 18.2 Å². The van der Waals surface area contributed by atoms with Crippen molar-refractivity contribution in [2.75, 3.05) is 12.4 Å². The number of aromatic nitrogens is 1. The van der Waals surface area contributed by atoms with E-state index in [4.69, 9.17) is 32.5 Å². The normalized spacial score (nSPS) is 10.5. The van der Waals surface area contributed by atoms with Gasteiger partial charge in [-0.2, -0.15) is 0 Å². The van der Waals surface area contributed by atoms with E-state index in [0.717, 1.165) is 5.56 Å². The lowest BCUT2D eigenvalue weighted by Gasteiger charge is -2.07. The Morgan fingerprint density at radius 3 is 2.72 bits per heavy atom. The zero-order valence-electron chi connectivity index (χ0n) is 13.3. The Kier molecular flexibility index (Phi) is 5.26. The van der Waals surface area contributed by atoms with Crippen molar-refractivity contribution in [1.29, 1.82) is 0 Å². The quantitative estimate of drug-likeness (QED) is 0.631. The number of nitrogens with zero attached hydrogens (tertiary/aromatic N) is 1. The third-order valence-electron chi connectivity index (χ3n) is 3.58. The van der Waals surface area contributed by atoms with E-state index in [9.17, 15) is 4.79 Å². The van der Waals surface area contributed by atoms with Crippen LogP contribution in [0.1, 0.15) is 15.9 Å². The number of rotatable bonds is 5. The summed E-state index contributed by atoms with van der Waals surface area (Å²) in [5, 5.41) is 8.19. The monoisotopic (exact) mass is 376 g/mol. The molecule has 1 N–H and O–H groups in total. The molecule has 0 amide bonds. The zero-order chi connectivity index (χ0) is 17.8. The van der Waals surface area contributed by atoms with Crippen molar-refractivity contribution in [3.05, 3.63) is 69.7 Å². The molecule has 3 rings (SSSR count). The highest BCUT2D eigenvalue weighted by atomic mass is 35.5. The summed E-state index contributed by atoms with van der Waals surface area (Å²) in [6.45, 7) is 0.369. The van der Waals surface area contributed by atoms with Crippen LogP contribution in [0.3, 0.4) is 0 Å². The number of benzene rings is 2. The van der Waals surface area contributed by atoms with Crippen molar-refractivity contribution in [2.45, 2.75) is 6.54 Å². The molecular formula is C18H14Cl2N2O3. The number of anilines is 1. The third-order valence-corrected chi connectivity index (χ3v) is 4.18. The molecule has 0 aliphatic heterocycles. The summed E-state index contributed by atoms with van der Waals surface area (Å²) in [6.07, 6.45) is 0. The molecule has 0 radical (unpaired) electrons. The Labute approximate surface area is 154 Å². The molecule has 128 valence electrons. The lowest BCUT2D eigenvalue weighted by Crippen LogP contribution is -2.07. The molecule has 0 saturated carbocycles. The van der Waals surface area contributed by atoms with Crippen LogP contribution in [-0.4, -0.2) is 18.2 Å². The minimum Gasteiger partial charge on any atom is -0.465 e. The van der Waals surface area contributed by atoms with E-state index >= 15 is 0 Å². The number of ether oxygens (including phenoxy) is 1. The van der Waals surface area contributed by atoms with Gasteiger partial charge in [0, 0.05) is 22.2 Å². The Morgan fingerprint density at radius 2 is 2.00 bits per heavy atom. The van der Waals surface area contributed by atoms with Gasteiger partial charge in [0.05, 0.1) is 7.11 Å². The van der Waals surface area contributed by atoms with Gasteiger partial charge in [0.25, 0.3) is 0 Å². The highest BCUT2D eigenvalue weighted by molar-refractivity contribution is 6.31. The van der Waals surface area contributed by atoms with Crippen LogP contribution in [0.25, 0.3) is 11.3 Å². The Bertz CT molecular complexity index is 909. The minimum absolute atomic E-state index is 0.205. The predicted octanol–water partition coefficient (Wildman–Crippen LogP) is 5.05. The van der Waals surface area contributed by atoms with Gasteiger partial charge < -0.3 is 14.6 Å². The lowest BCUT2D eigenvalue weighted by atomic mass is 10.1. The van der Waals surface area contributed by atoms with Crippen LogP contribution in [0.15, 0.2) is 53.1 Å². The van der Waals surface area contributed by atoms with E-state index in [1.165, 1.54) is 7.11 Å². The van der Waals surface area contributed by atoms with Crippen LogP contribution in [0, 0.1) is 0 Å². The van der Waals surface area contributed by atoms with Crippen LogP contribution in [0.4, 0.5) is 5.88 Å². The molecule has 0 bridgehead atoms. The minimum atomic E-state index is -0.558. The lowest BCUT2D eigenvalue weighted by molar-refractivity contribution is 0.0602. The summed E-state index contributed by atoms with van der Waals surface area (Å²) in [4.78, 5) is 12.2. The first-order chi connectivity index (χ1) is 12.1. The Hall–Kier alpha value is -2.50. The first-order valence-electron chi connectivity index (χ1n) is 7.41. The first-order valence-corrected chi connectivity index (χ1v) is 8.17. The first kappa shape index (κ1) is 17.3. The topological polar surface area (TPSA) is 64.4 Å². The number of hydrogen-bond acceptors (Lipinski definition) is 5. The predicted molar refractivity (Wildman–Crippen MR) is 97.1 cm³/mol.